The van der Waals surface area contributed by atoms with Crippen molar-refractivity contribution in [2.24, 2.45) is 0 Å². The SMILES string of the molecule is CCOC(=N)C(O)c1c(OC)csc1C. The van der Waals surface area contributed by atoms with Crippen LogP contribution >= 0.6 is 11.3 Å². The predicted octanol–water partition coefficient (Wildman–Crippen LogP) is 2.11. The van der Waals surface area contributed by atoms with Crippen LogP contribution in [0.5, 0.6) is 5.75 Å². The molecule has 1 atom stereocenters. The second-order valence-electron chi connectivity index (χ2n) is 2.97. The van der Waals surface area contributed by atoms with Gasteiger partial charge in [-0.15, -0.1) is 11.3 Å². The van der Waals surface area contributed by atoms with Crippen LogP contribution in [0.25, 0.3) is 0 Å². The highest BCUT2D eigenvalue weighted by atomic mass is 32.1. The lowest BCUT2D eigenvalue weighted by Gasteiger charge is -2.13. The van der Waals surface area contributed by atoms with Gasteiger partial charge < -0.3 is 14.6 Å². The summed E-state index contributed by atoms with van der Waals surface area (Å²) in [5, 5.41) is 19.2. The topological polar surface area (TPSA) is 62.5 Å². The van der Waals surface area contributed by atoms with Crippen LogP contribution in [0.15, 0.2) is 5.38 Å². The number of ether oxygens (including phenoxy) is 2. The Morgan fingerprint density at radius 2 is 2.33 bits per heavy atom. The minimum Gasteiger partial charge on any atom is -0.495 e. The normalized spacial score (nSPS) is 12.3. The summed E-state index contributed by atoms with van der Waals surface area (Å²) in [6.07, 6.45) is -1.04. The molecule has 0 bridgehead atoms. The summed E-state index contributed by atoms with van der Waals surface area (Å²) in [7, 11) is 1.54. The van der Waals surface area contributed by atoms with E-state index in [1.807, 2.05) is 12.3 Å². The average Bonchev–Trinajstić information content (AvgIpc) is 2.58. The second kappa shape index (κ2) is 5.14. The number of aryl methyl sites for hydroxylation is 1. The lowest BCUT2D eigenvalue weighted by molar-refractivity contribution is 0.187. The third-order valence-corrected chi connectivity index (χ3v) is 2.93. The van der Waals surface area contributed by atoms with Gasteiger partial charge in [-0.3, -0.25) is 5.41 Å². The minimum absolute atomic E-state index is 0.141. The van der Waals surface area contributed by atoms with Crippen molar-refractivity contribution in [2.45, 2.75) is 20.0 Å². The highest BCUT2D eigenvalue weighted by Crippen LogP contribution is 2.34. The summed E-state index contributed by atoms with van der Waals surface area (Å²) < 4.78 is 10.1. The maximum absolute atomic E-state index is 9.88. The van der Waals surface area contributed by atoms with Gasteiger partial charge in [0.25, 0.3) is 0 Å². The first kappa shape index (κ1) is 12.0. The van der Waals surface area contributed by atoms with Crippen molar-refractivity contribution < 1.29 is 14.6 Å². The Morgan fingerprint density at radius 1 is 1.67 bits per heavy atom. The van der Waals surface area contributed by atoms with Crippen LogP contribution in [0.2, 0.25) is 0 Å². The van der Waals surface area contributed by atoms with Crippen LogP contribution in [0, 0.1) is 12.3 Å². The Bertz CT molecular complexity index is 348. The van der Waals surface area contributed by atoms with Crippen molar-refractivity contribution in [3.63, 3.8) is 0 Å². The molecule has 0 aliphatic carbocycles. The monoisotopic (exact) mass is 229 g/mol. The number of thiophene rings is 1. The van der Waals surface area contributed by atoms with E-state index in [9.17, 15) is 5.11 Å². The first-order valence-electron chi connectivity index (χ1n) is 4.63. The summed E-state index contributed by atoms with van der Waals surface area (Å²) in [5.74, 6) is 0.465. The Kier molecular flexibility index (Phi) is 4.11. The number of hydrogen-bond acceptors (Lipinski definition) is 5. The fourth-order valence-corrected chi connectivity index (χ4v) is 2.14. The third-order valence-electron chi connectivity index (χ3n) is 2.03. The molecule has 0 radical (unpaired) electrons. The van der Waals surface area contributed by atoms with Gasteiger partial charge >= 0.3 is 0 Å². The van der Waals surface area contributed by atoms with Gasteiger partial charge in [0.2, 0.25) is 5.90 Å². The van der Waals surface area contributed by atoms with E-state index < -0.39 is 6.10 Å². The van der Waals surface area contributed by atoms with Crippen molar-refractivity contribution >= 4 is 17.2 Å². The van der Waals surface area contributed by atoms with Gasteiger partial charge in [0.05, 0.1) is 13.7 Å². The maximum atomic E-state index is 9.88. The predicted molar refractivity (Wildman–Crippen MR) is 59.9 cm³/mol. The summed E-state index contributed by atoms with van der Waals surface area (Å²) in [4.78, 5) is 0.934. The molecule has 1 aromatic heterocycles. The molecular weight excluding hydrogens is 214 g/mol. The van der Waals surface area contributed by atoms with E-state index in [4.69, 9.17) is 14.9 Å². The Balaban J connectivity index is 2.93. The molecule has 0 amide bonds. The zero-order valence-electron chi connectivity index (χ0n) is 9.03. The fraction of sp³-hybridized carbons (Fsp3) is 0.500. The van der Waals surface area contributed by atoms with Gasteiger partial charge in [0, 0.05) is 15.8 Å². The van der Waals surface area contributed by atoms with Gasteiger partial charge in [-0.1, -0.05) is 0 Å². The number of rotatable bonds is 4. The van der Waals surface area contributed by atoms with Crippen LogP contribution in [-0.4, -0.2) is 24.7 Å². The van der Waals surface area contributed by atoms with Crippen LogP contribution < -0.4 is 4.74 Å². The average molecular weight is 229 g/mol. The van der Waals surface area contributed by atoms with E-state index in [1.54, 1.807) is 14.0 Å². The summed E-state index contributed by atoms with van der Waals surface area (Å²) >= 11 is 1.48. The summed E-state index contributed by atoms with van der Waals surface area (Å²) in [5.41, 5.74) is 0.626. The number of nitrogens with one attached hydrogen (secondary N) is 1. The number of methoxy groups -OCH3 is 1. The summed E-state index contributed by atoms with van der Waals surface area (Å²) in [6, 6.07) is 0. The molecule has 0 aromatic carbocycles. The van der Waals surface area contributed by atoms with E-state index in [1.165, 1.54) is 11.3 Å². The molecule has 15 heavy (non-hydrogen) atoms. The highest BCUT2D eigenvalue weighted by Gasteiger charge is 2.22. The smallest absolute Gasteiger partial charge is 0.215 e. The van der Waals surface area contributed by atoms with Crippen LogP contribution in [0.4, 0.5) is 0 Å². The van der Waals surface area contributed by atoms with E-state index in [2.05, 4.69) is 0 Å². The first-order chi connectivity index (χ1) is 7.11. The third kappa shape index (κ3) is 2.49. The van der Waals surface area contributed by atoms with Gasteiger partial charge in [-0.2, -0.15) is 0 Å². The minimum atomic E-state index is -1.04. The maximum Gasteiger partial charge on any atom is 0.215 e. The molecule has 0 fully saturated rings. The van der Waals surface area contributed by atoms with Gasteiger partial charge in [-0.05, 0) is 13.8 Å². The first-order valence-corrected chi connectivity index (χ1v) is 5.51. The molecule has 1 aromatic rings. The standard InChI is InChI=1S/C10H15NO3S/c1-4-14-10(11)9(12)8-6(2)15-5-7(8)13-3/h5,9,11-12H,4H2,1-3H3. The quantitative estimate of drug-likeness (QED) is 0.614. The molecule has 1 heterocycles. The summed E-state index contributed by atoms with van der Waals surface area (Å²) in [6.45, 7) is 4.03. The van der Waals surface area contributed by atoms with Gasteiger partial charge in [0.15, 0.2) is 6.10 Å². The van der Waals surface area contributed by atoms with E-state index in [-0.39, 0.29) is 5.90 Å². The molecule has 0 aliphatic rings. The van der Waals surface area contributed by atoms with Crippen molar-refractivity contribution in [2.75, 3.05) is 13.7 Å². The van der Waals surface area contributed by atoms with Crippen molar-refractivity contribution in [3.05, 3.63) is 15.8 Å². The lowest BCUT2D eigenvalue weighted by atomic mass is 10.1. The molecule has 0 spiro atoms. The molecule has 0 saturated carbocycles. The number of hydrogen-bond donors (Lipinski definition) is 2. The zero-order valence-corrected chi connectivity index (χ0v) is 9.85. The van der Waals surface area contributed by atoms with Crippen molar-refractivity contribution in [1.29, 1.82) is 5.41 Å². The molecule has 1 unspecified atom stereocenters. The Labute approximate surface area is 93.0 Å². The van der Waals surface area contributed by atoms with E-state index in [0.29, 0.717) is 17.9 Å². The molecule has 84 valence electrons. The lowest BCUT2D eigenvalue weighted by Crippen LogP contribution is -2.15. The Morgan fingerprint density at radius 3 is 2.87 bits per heavy atom. The molecular formula is C10H15NO3S. The van der Waals surface area contributed by atoms with Crippen LogP contribution in [0.3, 0.4) is 0 Å². The van der Waals surface area contributed by atoms with Gasteiger partial charge in [0.1, 0.15) is 5.75 Å². The molecule has 5 heteroatoms. The zero-order chi connectivity index (χ0) is 11.4. The van der Waals surface area contributed by atoms with E-state index >= 15 is 0 Å². The molecule has 0 aliphatic heterocycles. The molecule has 2 N–H and O–H groups in total. The second-order valence-corrected chi connectivity index (χ2v) is 4.06. The highest BCUT2D eigenvalue weighted by molar-refractivity contribution is 7.10. The largest absolute Gasteiger partial charge is 0.495 e. The van der Waals surface area contributed by atoms with Crippen molar-refractivity contribution in [1.82, 2.24) is 0 Å². The molecule has 4 nitrogen and oxygen atoms in total. The van der Waals surface area contributed by atoms with Crippen LogP contribution in [0.1, 0.15) is 23.5 Å². The van der Waals surface area contributed by atoms with Crippen molar-refractivity contribution in [3.8, 4) is 5.75 Å². The fourth-order valence-electron chi connectivity index (χ4n) is 1.29. The Hall–Kier alpha value is -1.07. The van der Waals surface area contributed by atoms with Gasteiger partial charge in [-0.25, -0.2) is 0 Å². The molecule has 1 rings (SSSR count). The number of aliphatic hydroxyl groups is 1. The van der Waals surface area contributed by atoms with Crippen LogP contribution in [-0.2, 0) is 4.74 Å². The van der Waals surface area contributed by atoms with E-state index in [0.717, 1.165) is 4.88 Å². The molecule has 0 saturated heterocycles. The number of aliphatic hydroxyl groups excluding tert-OH is 1.